The molecule has 0 aliphatic heterocycles. The molecule has 16 heavy (non-hydrogen) atoms. The van der Waals surface area contributed by atoms with Crippen molar-refractivity contribution in [3.05, 3.63) is 22.1 Å². The molecule has 0 aliphatic rings. The zero-order valence-corrected chi connectivity index (χ0v) is 12.0. The van der Waals surface area contributed by atoms with Crippen molar-refractivity contribution in [3.63, 3.8) is 0 Å². The van der Waals surface area contributed by atoms with Crippen molar-refractivity contribution in [3.8, 4) is 0 Å². The van der Waals surface area contributed by atoms with Crippen LogP contribution in [0.3, 0.4) is 0 Å². The molecule has 0 atom stereocenters. The molecule has 0 aliphatic carbocycles. The van der Waals surface area contributed by atoms with Gasteiger partial charge in [-0.2, -0.15) is 0 Å². The number of nitrogens with two attached hydrogens (primary N) is 1. The fourth-order valence-corrected chi connectivity index (χ4v) is 2.39. The van der Waals surface area contributed by atoms with Crippen molar-refractivity contribution in [1.29, 1.82) is 0 Å². The standard InChI is InChI=1S/C13H24ClNO/c1-7-8-9(2)10(13(3,4)5)11(14)12(15)16-6/h7-8,15H2,1-6H3/b10-9+,12-11-. The maximum atomic E-state index is 6.28. The smallest absolute Gasteiger partial charge is 0.203 e. The van der Waals surface area contributed by atoms with Gasteiger partial charge >= 0.3 is 0 Å². The summed E-state index contributed by atoms with van der Waals surface area (Å²) in [5.41, 5.74) is 8.08. The quantitative estimate of drug-likeness (QED) is 0.596. The minimum Gasteiger partial charge on any atom is -0.482 e. The van der Waals surface area contributed by atoms with Crippen LogP contribution in [-0.2, 0) is 4.74 Å². The van der Waals surface area contributed by atoms with Gasteiger partial charge in [-0.15, -0.1) is 0 Å². The number of hydrogen-bond donors (Lipinski definition) is 1. The molecule has 0 bridgehead atoms. The largest absolute Gasteiger partial charge is 0.482 e. The molecule has 94 valence electrons. The van der Waals surface area contributed by atoms with Crippen molar-refractivity contribution in [1.82, 2.24) is 0 Å². The van der Waals surface area contributed by atoms with Crippen molar-refractivity contribution in [2.75, 3.05) is 7.11 Å². The van der Waals surface area contributed by atoms with E-state index in [0.29, 0.717) is 10.9 Å². The summed E-state index contributed by atoms with van der Waals surface area (Å²) in [6.45, 7) is 10.7. The van der Waals surface area contributed by atoms with Crippen molar-refractivity contribution < 1.29 is 4.74 Å². The second kappa shape index (κ2) is 6.19. The molecule has 0 spiro atoms. The molecule has 0 heterocycles. The Morgan fingerprint density at radius 1 is 1.31 bits per heavy atom. The van der Waals surface area contributed by atoms with Crippen LogP contribution in [0.15, 0.2) is 22.1 Å². The lowest BCUT2D eigenvalue weighted by molar-refractivity contribution is 0.284. The van der Waals surface area contributed by atoms with E-state index in [2.05, 4.69) is 34.6 Å². The Bertz CT molecular complexity index is 298. The molecule has 0 aromatic rings. The Balaban J connectivity index is 5.54. The summed E-state index contributed by atoms with van der Waals surface area (Å²) in [4.78, 5) is 0. The van der Waals surface area contributed by atoms with Gasteiger partial charge in [0.1, 0.15) is 5.03 Å². The highest BCUT2D eigenvalue weighted by Gasteiger charge is 2.24. The zero-order chi connectivity index (χ0) is 12.9. The van der Waals surface area contributed by atoms with Crippen LogP contribution in [0.5, 0.6) is 0 Å². The molecule has 3 heteroatoms. The highest BCUT2D eigenvalue weighted by molar-refractivity contribution is 6.32. The molecular weight excluding hydrogens is 222 g/mol. The Morgan fingerprint density at radius 3 is 2.12 bits per heavy atom. The molecule has 0 radical (unpaired) electrons. The first-order valence-electron chi connectivity index (χ1n) is 5.65. The van der Waals surface area contributed by atoms with Gasteiger partial charge < -0.3 is 10.5 Å². The van der Waals surface area contributed by atoms with E-state index in [9.17, 15) is 0 Å². The lowest BCUT2D eigenvalue weighted by Gasteiger charge is -2.26. The van der Waals surface area contributed by atoms with Gasteiger partial charge in [0, 0.05) is 0 Å². The van der Waals surface area contributed by atoms with E-state index in [4.69, 9.17) is 22.1 Å². The van der Waals surface area contributed by atoms with E-state index in [-0.39, 0.29) is 5.41 Å². The lowest BCUT2D eigenvalue weighted by atomic mass is 9.82. The van der Waals surface area contributed by atoms with E-state index >= 15 is 0 Å². The first-order valence-corrected chi connectivity index (χ1v) is 6.03. The van der Waals surface area contributed by atoms with Crippen molar-refractivity contribution in [2.24, 2.45) is 11.1 Å². The average Bonchev–Trinajstić information content (AvgIpc) is 2.14. The maximum absolute atomic E-state index is 6.28. The molecule has 0 saturated heterocycles. The van der Waals surface area contributed by atoms with Gasteiger partial charge in [0.05, 0.1) is 7.11 Å². The molecule has 0 amide bonds. The molecule has 0 rings (SSSR count). The Labute approximate surface area is 104 Å². The number of rotatable bonds is 4. The number of allylic oxidation sites excluding steroid dienone is 3. The number of ether oxygens (including phenoxy) is 1. The van der Waals surface area contributed by atoms with E-state index in [0.717, 1.165) is 18.4 Å². The van der Waals surface area contributed by atoms with Gasteiger partial charge in [-0.3, -0.25) is 0 Å². The van der Waals surface area contributed by atoms with Gasteiger partial charge in [0.25, 0.3) is 0 Å². The summed E-state index contributed by atoms with van der Waals surface area (Å²) in [6, 6.07) is 0. The first kappa shape index (κ1) is 15.4. The first-order chi connectivity index (χ1) is 7.25. The summed E-state index contributed by atoms with van der Waals surface area (Å²) in [7, 11) is 1.53. The highest BCUT2D eigenvalue weighted by Crippen LogP contribution is 2.37. The van der Waals surface area contributed by atoms with Crippen LogP contribution in [0.1, 0.15) is 47.5 Å². The van der Waals surface area contributed by atoms with Crippen LogP contribution in [-0.4, -0.2) is 7.11 Å². The summed E-state index contributed by atoms with van der Waals surface area (Å²) >= 11 is 6.28. The van der Waals surface area contributed by atoms with Crippen molar-refractivity contribution >= 4 is 11.6 Å². The minimum atomic E-state index is -0.0283. The van der Waals surface area contributed by atoms with E-state index in [1.54, 1.807) is 0 Å². The average molecular weight is 246 g/mol. The SMILES string of the molecule is CCC/C(C)=C(\C(Cl)=C(/N)OC)C(C)(C)C. The fraction of sp³-hybridized carbons (Fsp3) is 0.692. The molecule has 0 fully saturated rings. The maximum Gasteiger partial charge on any atom is 0.203 e. The number of halogens is 1. The van der Waals surface area contributed by atoms with Crippen LogP contribution < -0.4 is 5.73 Å². The zero-order valence-electron chi connectivity index (χ0n) is 11.3. The third-order valence-corrected chi connectivity index (χ3v) is 2.83. The van der Waals surface area contributed by atoms with Gasteiger partial charge in [-0.25, -0.2) is 0 Å². The van der Waals surface area contributed by atoms with Crippen LogP contribution in [0, 0.1) is 5.41 Å². The van der Waals surface area contributed by atoms with Crippen LogP contribution >= 0.6 is 11.6 Å². The molecule has 0 unspecified atom stereocenters. The highest BCUT2D eigenvalue weighted by atomic mass is 35.5. The molecule has 2 N–H and O–H groups in total. The molecule has 0 aromatic heterocycles. The predicted molar refractivity (Wildman–Crippen MR) is 71.1 cm³/mol. The van der Waals surface area contributed by atoms with Gasteiger partial charge in [0.2, 0.25) is 5.88 Å². The van der Waals surface area contributed by atoms with Gasteiger partial charge in [-0.1, -0.05) is 51.3 Å². The fourth-order valence-electron chi connectivity index (χ4n) is 1.87. The summed E-state index contributed by atoms with van der Waals surface area (Å²) in [5.74, 6) is 0.294. The molecule has 2 nitrogen and oxygen atoms in total. The topological polar surface area (TPSA) is 35.2 Å². The van der Waals surface area contributed by atoms with Gasteiger partial charge in [0.15, 0.2) is 0 Å². The monoisotopic (exact) mass is 245 g/mol. The minimum absolute atomic E-state index is 0.0283. The van der Waals surface area contributed by atoms with Crippen molar-refractivity contribution in [2.45, 2.75) is 47.5 Å². The second-order valence-electron chi connectivity index (χ2n) is 5.04. The number of methoxy groups -OCH3 is 1. The van der Waals surface area contributed by atoms with Gasteiger partial charge in [-0.05, 0) is 24.3 Å². The Hall–Kier alpha value is -0.630. The van der Waals surface area contributed by atoms with E-state index in [1.165, 1.54) is 12.7 Å². The normalized spacial score (nSPS) is 15.4. The van der Waals surface area contributed by atoms with Crippen LogP contribution in [0.2, 0.25) is 0 Å². The third kappa shape index (κ3) is 4.09. The Morgan fingerprint density at radius 2 is 1.81 bits per heavy atom. The van der Waals surface area contributed by atoms with E-state index < -0.39 is 0 Å². The van der Waals surface area contributed by atoms with Crippen LogP contribution in [0.25, 0.3) is 0 Å². The predicted octanol–water partition coefficient (Wildman–Crippen LogP) is 4.16. The summed E-state index contributed by atoms with van der Waals surface area (Å²) < 4.78 is 5.01. The third-order valence-electron chi connectivity index (χ3n) is 2.46. The molecular formula is C13H24ClNO. The second-order valence-corrected chi connectivity index (χ2v) is 5.42. The number of hydrogen-bond acceptors (Lipinski definition) is 2. The van der Waals surface area contributed by atoms with E-state index in [1.807, 2.05) is 0 Å². The molecule has 0 aromatic carbocycles. The van der Waals surface area contributed by atoms with Crippen LogP contribution in [0.4, 0.5) is 0 Å². The summed E-state index contributed by atoms with van der Waals surface area (Å²) in [5, 5.41) is 0.543. The molecule has 0 saturated carbocycles. The summed E-state index contributed by atoms with van der Waals surface area (Å²) in [6.07, 6.45) is 2.13. The Kier molecular flexibility index (Phi) is 5.95. The lowest BCUT2D eigenvalue weighted by Crippen LogP contribution is -2.15.